The fourth-order valence-electron chi connectivity index (χ4n) is 3.92. The molecule has 1 unspecified atom stereocenters. The maximum absolute atomic E-state index is 12.8. The molecule has 0 saturated carbocycles. The molecular weight excluding hydrogens is 330 g/mol. The Morgan fingerprint density at radius 1 is 1.27 bits per heavy atom. The zero-order valence-corrected chi connectivity index (χ0v) is 15.2. The van der Waals surface area contributed by atoms with Crippen LogP contribution in [0.4, 0.5) is 0 Å². The maximum Gasteiger partial charge on any atom is 0.249 e. The Bertz CT molecular complexity index is 767. The van der Waals surface area contributed by atoms with Gasteiger partial charge >= 0.3 is 0 Å². The molecule has 138 valence electrons. The number of rotatable bonds is 4. The van der Waals surface area contributed by atoms with Crippen molar-refractivity contribution < 1.29 is 14.1 Å². The summed E-state index contributed by atoms with van der Waals surface area (Å²) in [5.74, 6) is 1.78. The molecule has 2 saturated heterocycles. The molecule has 0 spiro atoms. The molecule has 0 N–H and O–H groups in total. The van der Waals surface area contributed by atoms with Gasteiger partial charge in [-0.25, -0.2) is 0 Å². The molecule has 6 nitrogen and oxygen atoms in total. The molecule has 4 rings (SSSR count). The molecular formula is C20H25N3O3. The van der Waals surface area contributed by atoms with Crippen LogP contribution in [0.25, 0.3) is 0 Å². The average Bonchev–Trinajstić information content (AvgIpc) is 3.32. The third-order valence-corrected chi connectivity index (χ3v) is 5.34. The lowest BCUT2D eigenvalue weighted by atomic mass is 10.00. The summed E-state index contributed by atoms with van der Waals surface area (Å²) in [4.78, 5) is 19.4. The second kappa shape index (κ2) is 7.58. The van der Waals surface area contributed by atoms with Crippen molar-refractivity contribution in [2.45, 2.75) is 51.0 Å². The molecule has 2 aliphatic heterocycles. The molecule has 2 aliphatic rings. The van der Waals surface area contributed by atoms with E-state index in [9.17, 15) is 4.79 Å². The van der Waals surface area contributed by atoms with Crippen LogP contribution in [0.15, 0.2) is 28.8 Å². The van der Waals surface area contributed by atoms with Gasteiger partial charge < -0.3 is 14.2 Å². The molecule has 2 aromatic rings. The lowest BCUT2D eigenvalue weighted by molar-refractivity contribution is -0.131. The van der Waals surface area contributed by atoms with Crippen molar-refractivity contribution in [3.63, 3.8) is 0 Å². The number of aryl methyl sites for hydroxylation is 1. The first-order valence-corrected chi connectivity index (χ1v) is 9.47. The monoisotopic (exact) mass is 355 g/mol. The number of likely N-dealkylation sites (tertiary alicyclic amines) is 1. The van der Waals surface area contributed by atoms with Gasteiger partial charge in [0.2, 0.25) is 11.8 Å². The highest BCUT2D eigenvalue weighted by molar-refractivity contribution is 5.79. The number of hydrogen-bond donors (Lipinski definition) is 0. The number of nitrogens with zero attached hydrogens (tertiary/aromatic N) is 3. The van der Waals surface area contributed by atoms with E-state index >= 15 is 0 Å². The van der Waals surface area contributed by atoms with Crippen LogP contribution in [0.5, 0.6) is 0 Å². The Morgan fingerprint density at radius 2 is 2.12 bits per heavy atom. The van der Waals surface area contributed by atoms with Gasteiger partial charge in [0.25, 0.3) is 0 Å². The smallest absolute Gasteiger partial charge is 0.249 e. The number of aromatic nitrogens is 2. The van der Waals surface area contributed by atoms with Crippen molar-refractivity contribution in [2.24, 2.45) is 0 Å². The third kappa shape index (κ3) is 3.65. The molecule has 1 atom stereocenters. The molecule has 2 fully saturated rings. The summed E-state index contributed by atoms with van der Waals surface area (Å²) < 4.78 is 11.0. The predicted molar refractivity (Wildman–Crippen MR) is 95.7 cm³/mol. The zero-order valence-electron chi connectivity index (χ0n) is 15.2. The first kappa shape index (κ1) is 17.2. The van der Waals surface area contributed by atoms with Gasteiger partial charge in [-0.15, -0.1) is 0 Å². The molecule has 26 heavy (non-hydrogen) atoms. The maximum atomic E-state index is 12.8. The highest BCUT2D eigenvalue weighted by Gasteiger charge is 2.34. The van der Waals surface area contributed by atoms with Crippen LogP contribution in [-0.4, -0.2) is 40.7 Å². The molecule has 1 amide bonds. The normalized spacial score (nSPS) is 21.3. The second-order valence-electron chi connectivity index (χ2n) is 7.29. The summed E-state index contributed by atoms with van der Waals surface area (Å²) >= 11 is 0. The number of hydrogen-bond acceptors (Lipinski definition) is 5. The quantitative estimate of drug-likeness (QED) is 0.842. The van der Waals surface area contributed by atoms with E-state index in [2.05, 4.69) is 16.2 Å². The van der Waals surface area contributed by atoms with Gasteiger partial charge in [0.15, 0.2) is 5.82 Å². The minimum atomic E-state index is -0.0894. The number of carbonyl (C=O) groups is 1. The van der Waals surface area contributed by atoms with Crippen molar-refractivity contribution in [3.05, 3.63) is 47.1 Å². The van der Waals surface area contributed by atoms with Crippen molar-refractivity contribution in [2.75, 3.05) is 19.8 Å². The Labute approximate surface area is 153 Å². The van der Waals surface area contributed by atoms with Gasteiger partial charge in [-0.2, -0.15) is 4.98 Å². The third-order valence-electron chi connectivity index (χ3n) is 5.34. The number of benzene rings is 1. The summed E-state index contributed by atoms with van der Waals surface area (Å²) in [6.07, 6.45) is 4.13. The topological polar surface area (TPSA) is 68.5 Å². The van der Waals surface area contributed by atoms with Crippen molar-refractivity contribution in [3.8, 4) is 0 Å². The highest BCUT2D eigenvalue weighted by Crippen LogP contribution is 2.33. The van der Waals surface area contributed by atoms with E-state index in [1.54, 1.807) is 0 Å². The van der Waals surface area contributed by atoms with Crippen molar-refractivity contribution in [1.82, 2.24) is 15.0 Å². The lowest BCUT2D eigenvalue weighted by Gasteiger charge is -2.22. The summed E-state index contributed by atoms with van der Waals surface area (Å²) in [5, 5.41) is 4.19. The van der Waals surface area contributed by atoms with Crippen LogP contribution < -0.4 is 0 Å². The SMILES string of the molecule is Cc1cccc(CC(=O)N2CCCC2c2nc(C3CCOCC3)no2)c1. The van der Waals surface area contributed by atoms with E-state index in [0.29, 0.717) is 18.2 Å². The van der Waals surface area contributed by atoms with Crippen LogP contribution in [0, 0.1) is 6.92 Å². The van der Waals surface area contributed by atoms with E-state index in [1.807, 2.05) is 30.0 Å². The molecule has 0 radical (unpaired) electrons. The van der Waals surface area contributed by atoms with Crippen LogP contribution >= 0.6 is 0 Å². The molecule has 1 aromatic heterocycles. The second-order valence-corrected chi connectivity index (χ2v) is 7.29. The van der Waals surface area contributed by atoms with Crippen LogP contribution in [0.1, 0.15) is 60.5 Å². The Balaban J connectivity index is 1.46. The Hall–Kier alpha value is -2.21. The van der Waals surface area contributed by atoms with Gasteiger partial charge in [-0.3, -0.25) is 4.79 Å². The van der Waals surface area contributed by atoms with Gasteiger partial charge in [0, 0.05) is 25.7 Å². The lowest BCUT2D eigenvalue weighted by Crippen LogP contribution is -2.32. The standard InChI is InChI=1S/C20H25N3O3/c1-14-4-2-5-15(12-14)13-18(24)23-9-3-6-17(23)20-21-19(22-26-20)16-7-10-25-11-8-16/h2,4-5,12,16-17H,3,6-11,13H2,1H3. The number of amides is 1. The van der Waals surface area contributed by atoms with Crippen LogP contribution in [0.2, 0.25) is 0 Å². The summed E-state index contributed by atoms with van der Waals surface area (Å²) in [7, 11) is 0. The first-order valence-electron chi connectivity index (χ1n) is 9.47. The van der Waals surface area contributed by atoms with Crippen LogP contribution in [-0.2, 0) is 16.0 Å². The van der Waals surface area contributed by atoms with Gasteiger partial charge in [0.05, 0.1) is 6.42 Å². The van der Waals surface area contributed by atoms with E-state index in [0.717, 1.165) is 56.8 Å². The predicted octanol–water partition coefficient (Wildman–Crippen LogP) is 3.18. The molecule has 3 heterocycles. The first-order chi connectivity index (χ1) is 12.7. The van der Waals surface area contributed by atoms with E-state index in [4.69, 9.17) is 9.26 Å². The number of ether oxygens (including phenoxy) is 1. The molecule has 1 aromatic carbocycles. The van der Waals surface area contributed by atoms with E-state index in [1.165, 1.54) is 5.56 Å². The van der Waals surface area contributed by atoms with E-state index in [-0.39, 0.29) is 11.9 Å². The highest BCUT2D eigenvalue weighted by atomic mass is 16.5. The summed E-state index contributed by atoms with van der Waals surface area (Å²) in [6, 6.07) is 8.03. The molecule has 6 heteroatoms. The fraction of sp³-hybridized carbons (Fsp3) is 0.550. The molecule has 0 aliphatic carbocycles. The van der Waals surface area contributed by atoms with Crippen LogP contribution in [0.3, 0.4) is 0 Å². The number of carbonyl (C=O) groups excluding carboxylic acids is 1. The Kier molecular flexibility index (Phi) is 5.02. The van der Waals surface area contributed by atoms with Crippen molar-refractivity contribution in [1.29, 1.82) is 0 Å². The van der Waals surface area contributed by atoms with Crippen molar-refractivity contribution >= 4 is 5.91 Å². The Morgan fingerprint density at radius 3 is 2.92 bits per heavy atom. The van der Waals surface area contributed by atoms with Gasteiger partial charge in [0.1, 0.15) is 6.04 Å². The fourth-order valence-corrected chi connectivity index (χ4v) is 3.92. The zero-order chi connectivity index (χ0) is 17.9. The minimum absolute atomic E-state index is 0.0894. The molecule has 0 bridgehead atoms. The largest absolute Gasteiger partial charge is 0.381 e. The van der Waals surface area contributed by atoms with Gasteiger partial charge in [-0.1, -0.05) is 35.0 Å². The minimum Gasteiger partial charge on any atom is -0.381 e. The summed E-state index contributed by atoms with van der Waals surface area (Å²) in [6.45, 7) is 4.30. The van der Waals surface area contributed by atoms with E-state index < -0.39 is 0 Å². The van der Waals surface area contributed by atoms with Gasteiger partial charge in [-0.05, 0) is 38.2 Å². The summed E-state index contributed by atoms with van der Waals surface area (Å²) in [5.41, 5.74) is 2.22. The average molecular weight is 355 g/mol.